The van der Waals surface area contributed by atoms with E-state index < -0.39 is 11.6 Å². The molecule has 1 unspecified atom stereocenters. The molecular formula is C28H33N3O3. The van der Waals surface area contributed by atoms with Crippen molar-refractivity contribution in [2.75, 3.05) is 43.1 Å². The number of hydrogen-bond donors (Lipinski definition) is 0. The van der Waals surface area contributed by atoms with Gasteiger partial charge < -0.3 is 19.3 Å². The first-order chi connectivity index (χ1) is 16.5. The molecule has 3 aromatic rings. The number of rotatable bonds is 9. The van der Waals surface area contributed by atoms with Gasteiger partial charge in [-0.3, -0.25) is 0 Å². The zero-order chi connectivity index (χ0) is 24.3. The van der Waals surface area contributed by atoms with E-state index >= 15 is 0 Å². The number of esters is 1. The number of methoxy groups -OCH3 is 1. The lowest BCUT2D eigenvalue weighted by molar-refractivity contribution is 0.0242. The summed E-state index contributed by atoms with van der Waals surface area (Å²) in [5.74, 6) is 0.236. The van der Waals surface area contributed by atoms with Crippen LogP contribution in [0.5, 0.6) is 5.75 Å². The first-order valence-electron chi connectivity index (χ1n) is 12.0. The number of cyclic esters (lactones) is 1. The fourth-order valence-electron chi connectivity index (χ4n) is 4.92. The van der Waals surface area contributed by atoms with E-state index in [-0.39, 0.29) is 0 Å². The minimum absolute atomic E-state index is 0.338. The van der Waals surface area contributed by atoms with E-state index in [0.717, 1.165) is 54.2 Å². The molecule has 0 saturated heterocycles. The average Bonchev–Trinajstić information content (AvgIpc) is 3.19. The molecule has 34 heavy (non-hydrogen) atoms. The maximum absolute atomic E-state index is 13.0. The molecule has 0 spiro atoms. The van der Waals surface area contributed by atoms with Crippen LogP contribution in [0.1, 0.15) is 54.9 Å². The maximum Gasteiger partial charge on any atom is 0.358 e. The highest BCUT2D eigenvalue weighted by molar-refractivity contribution is 5.94. The number of carbonyl (C=O) groups excluding carboxylic acids is 1. The minimum atomic E-state index is -1.14. The van der Waals surface area contributed by atoms with E-state index in [1.54, 1.807) is 13.3 Å². The molecule has 1 aliphatic heterocycles. The summed E-state index contributed by atoms with van der Waals surface area (Å²) in [7, 11) is 1.66. The Morgan fingerprint density at radius 1 is 0.853 bits per heavy atom. The first-order valence-corrected chi connectivity index (χ1v) is 12.0. The number of carbonyl (C=O) groups is 1. The van der Waals surface area contributed by atoms with Crippen LogP contribution in [0.4, 0.5) is 11.4 Å². The number of hydrogen-bond acceptors (Lipinski definition) is 6. The van der Waals surface area contributed by atoms with Crippen molar-refractivity contribution >= 4 is 17.3 Å². The summed E-state index contributed by atoms with van der Waals surface area (Å²) in [6, 6.07) is 18.1. The van der Waals surface area contributed by atoms with Gasteiger partial charge in [0.1, 0.15) is 5.75 Å². The monoisotopic (exact) mass is 459 g/mol. The van der Waals surface area contributed by atoms with Crippen LogP contribution in [0, 0.1) is 0 Å². The number of pyridine rings is 1. The molecule has 0 amide bonds. The fraction of sp³-hybridized carbons (Fsp3) is 0.357. The summed E-state index contributed by atoms with van der Waals surface area (Å²) in [5.41, 5.74) is 3.75. The van der Waals surface area contributed by atoms with Gasteiger partial charge in [0.2, 0.25) is 0 Å². The number of ether oxygens (including phenoxy) is 2. The second kappa shape index (κ2) is 9.75. The summed E-state index contributed by atoms with van der Waals surface area (Å²) >= 11 is 0. The van der Waals surface area contributed by atoms with Crippen molar-refractivity contribution in [1.82, 2.24) is 4.98 Å². The third-order valence-corrected chi connectivity index (χ3v) is 6.72. The highest BCUT2D eigenvalue weighted by Gasteiger charge is 2.51. The van der Waals surface area contributed by atoms with Crippen molar-refractivity contribution in [1.29, 1.82) is 0 Å². The zero-order valence-electron chi connectivity index (χ0n) is 20.7. The minimum Gasteiger partial charge on any atom is -0.496 e. The molecule has 1 atom stereocenters. The molecule has 6 nitrogen and oxygen atoms in total. The molecule has 0 aliphatic carbocycles. The standard InChI is InChI=1S/C28H33N3O3/c1-6-30(7-2)21-14-12-20(13-15-21)28(24-11-10-18-29-26(24)27(32)34-28)23-17-16-22(19-25(23)33-5)31(8-3)9-4/h10-19H,6-9H2,1-5H3. The molecule has 0 fully saturated rings. The fourth-order valence-corrected chi connectivity index (χ4v) is 4.92. The van der Waals surface area contributed by atoms with Crippen LogP contribution in [0.25, 0.3) is 0 Å². The lowest BCUT2D eigenvalue weighted by Gasteiger charge is -2.32. The van der Waals surface area contributed by atoms with Gasteiger partial charge in [0.15, 0.2) is 11.3 Å². The molecule has 1 aliphatic rings. The van der Waals surface area contributed by atoms with Gasteiger partial charge in [-0.05, 0) is 58.0 Å². The van der Waals surface area contributed by atoms with E-state index in [9.17, 15) is 4.79 Å². The van der Waals surface area contributed by atoms with E-state index in [4.69, 9.17) is 9.47 Å². The molecule has 2 aromatic carbocycles. The van der Waals surface area contributed by atoms with Gasteiger partial charge in [-0.2, -0.15) is 0 Å². The maximum atomic E-state index is 13.0. The van der Waals surface area contributed by atoms with Crippen LogP contribution >= 0.6 is 0 Å². The summed E-state index contributed by atoms with van der Waals surface area (Å²) in [5, 5.41) is 0. The second-order valence-corrected chi connectivity index (χ2v) is 8.25. The summed E-state index contributed by atoms with van der Waals surface area (Å²) in [6.07, 6.45) is 1.63. The van der Waals surface area contributed by atoms with Gasteiger partial charge in [-0.15, -0.1) is 0 Å². The van der Waals surface area contributed by atoms with Gasteiger partial charge in [-0.1, -0.05) is 18.2 Å². The van der Waals surface area contributed by atoms with Crippen molar-refractivity contribution in [2.45, 2.75) is 33.3 Å². The summed E-state index contributed by atoms with van der Waals surface area (Å²) < 4.78 is 12.1. The molecule has 0 bridgehead atoms. The predicted octanol–water partition coefficient (Wildman–Crippen LogP) is 5.24. The molecule has 4 rings (SSSR count). The van der Waals surface area contributed by atoms with Crippen molar-refractivity contribution in [3.05, 3.63) is 83.2 Å². The summed E-state index contributed by atoms with van der Waals surface area (Å²) in [4.78, 5) is 21.9. The Kier molecular flexibility index (Phi) is 6.77. The Hall–Kier alpha value is -3.54. The Labute approximate surface area is 202 Å². The largest absolute Gasteiger partial charge is 0.496 e. The number of aromatic nitrogens is 1. The molecule has 0 N–H and O–H groups in total. The van der Waals surface area contributed by atoms with Crippen molar-refractivity contribution in [3.8, 4) is 5.75 Å². The Morgan fingerprint density at radius 2 is 1.47 bits per heavy atom. The van der Waals surface area contributed by atoms with Crippen molar-refractivity contribution in [3.63, 3.8) is 0 Å². The molecule has 2 heterocycles. The average molecular weight is 460 g/mol. The van der Waals surface area contributed by atoms with Crippen molar-refractivity contribution < 1.29 is 14.3 Å². The highest BCUT2D eigenvalue weighted by Crippen LogP contribution is 2.50. The van der Waals surface area contributed by atoms with Gasteiger partial charge in [0.05, 0.1) is 7.11 Å². The Bertz CT molecular complexity index is 1150. The third kappa shape index (κ3) is 3.77. The molecule has 0 radical (unpaired) electrons. The van der Waals surface area contributed by atoms with Gasteiger partial charge in [-0.25, -0.2) is 9.78 Å². The second-order valence-electron chi connectivity index (χ2n) is 8.25. The molecule has 6 heteroatoms. The number of benzene rings is 2. The Balaban J connectivity index is 1.94. The normalized spacial score (nSPS) is 16.7. The van der Waals surface area contributed by atoms with Gasteiger partial charge in [0, 0.05) is 66.5 Å². The van der Waals surface area contributed by atoms with Gasteiger partial charge in [0.25, 0.3) is 0 Å². The predicted molar refractivity (Wildman–Crippen MR) is 136 cm³/mol. The zero-order valence-corrected chi connectivity index (χ0v) is 20.7. The number of fused-ring (bicyclic) bond motifs is 1. The number of nitrogens with zero attached hydrogens (tertiary/aromatic N) is 3. The lowest BCUT2D eigenvalue weighted by Crippen LogP contribution is -2.31. The third-order valence-electron chi connectivity index (χ3n) is 6.72. The van der Waals surface area contributed by atoms with Crippen molar-refractivity contribution in [2.24, 2.45) is 0 Å². The van der Waals surface area contributed by atoms with Crippen LogP contribution < -0.4 is 14.5 Å². The van der Waals surface area contributed by atoms with E-state index in [0.29, 0.717) is 11.4 Å². The van der Waals surface area contributed by atoms with E-state index in [2.05, 4.69) is 60.7 Å². The number of anilines is 2. The van der Waals surface area contributed by atoms with Crippen LogP contribution in [0.3, 0.4) is 0 Å². The SMILES string of the molecule is CCN(CC)c1ccc(C2(c3ccc(N(CC)CC)cc3OC)OC(=O)c3ncccc32)cc1. The molecule has 1 aromatic heterocycles. The van der Waals surface area contributed by atoms with Crippen LogP contribution in [0.15, 0.2) is 60.8 Å². The topological polar surface area (TPSA) is 54.9 Å². The summed E-state index contributed by atoms with van der Waals surface area (Å²) in [6.45, 7) is 12.2. The van der Waals surface area contributed by atoms with E-state index in [1.807, 2.05) is 36.4 Å². The van der Waals surface area contributed by atoms with Gasteiger partial charge >= 0.3 is 5.97 Å². The van der Waals surface area contributed by atoms with Crippen LogP contribution in [0.2, 0.25) is 0 Å². The first kappa shape index (κ1) is 23.6. The molecule has 178 valence electrons. The smallest absolute Gasteiger partial charge is 0.358 e. The lowest BCUT2D eigenvalue weighted by atomic mass is 9.80. The molecule has 0 saturated carbocycles. The Morgan fingerprint density at radius 3 is 2.09 bits per heavy atom. The quantitative estimate of drug-likeness (QED) is 0.408. The van der Waals surface area contributed by atoms with Crippen LogP contribution in [-0.4, -0.2) is 44.2 Å². The molecular weight excluding hydrogens is 426 g/mol. The van der Waals surface area contributed by atoms with E-state index in [1.165, 1.54) is 0 Å². The highest BCUT2D eigenvalue weighted by atomic mass is 16.6. The van der Waals surface area contributed by atoms with Crippen LogP contribution in [-0.2, 0) is 10.3 Å².